The number of rotatable bonds is 8. The van der Waals surface area contributed by atoms with Gasteiger partial charge in [0, 0.05) is 83.3 Å². The van der Waals surface area contributed by atoms with Gasteiger partial charge in [0.15, 0.2) is 0 Å². The van der Waals surface area contributed by atoms with E-state index in [1.165, 1.54) is 77.5 Å². The Bertz CT molecular complexity index is 5640. The molecule has 101 heavy (non-hydrogen) atoms. The molecule has 2 aliphatic carbocycles. The Kier molecular flexibility index (Phi) is 17.3. The average molecular weight is 1440 g/mol. The number of halogens is 1. The number of pyridine rings is 4. The first kappa shape index (κ1) is 65.5. The van der Waals surface area contributed by atoms with E-state index in [-0.39, 0.29) is 32.7 Å². The van der Waals surface area contributed by atoms with E-state index in [0.29, 0.717) is 0 Å². The molecule has 0 atom stereocenters. The molecule has 0 N–H and O–H groups in total. The molecule has 3 aliphatic rings. The molecule has 1 saturated heterocycles. The Morgan fingerprint density at radius 3 is 1.07 bits per heavy atom. The van der Waals surface area contributed by atoms with Gasteiger partial charge in [-0.25, -0.2) is 15.0 Å². The average Bonchev–Trinajstić information content (AvgIpc) is 1.55. The van der Waals surface area contributed by atoms with E-state index >= 15 is 0 Å². The van der Waals surface area contributed by atoms with Gasteiger partial charge < -0.3 is 9.31 Å². The van der Waals surface area contributed by atoms with Crippen LogP contribution in [0.15, 0.2) is 345 Å². The smallest absolute Gasteiger partial charge is 0.399 e. The van der Waals surface area contributed by atoms with E-state index < -0.39 is 29.2 Å². The van der Waals surface area contributed by atoms with Gasteiger partial charge in [-0.2, -0.15) is 0 Å². The molecule has 481 valence electrons. The van der Waals surface area contributed by atoms with Crippen molar-refractivity contribution in [2.45, 2.75) is 49.7 Å². The molecule has 4 aromatic heterocycles. The molecule has 6 nitrogen and oxygen atoms in total. The summed E-state index contributed by atoms with van der Waals surface area (Å²) in [6.45, 7) is 8.36. The van der Waals surface area contributed by atoms with Gasteiger partial charge in [-0.15, -0.1) is 0 Å². The summed E-state index contributed by atoms with van der Waals surface area (Å²) in [5.41, 5.74) is 22.8. The molecule has 0 amide bonds. The van der Waals surface area contributed by atoms with Gasteiger partial charge in [-0.3, -0.25) is 4.98 Å². The maximum absolute atomic E-state index is 6.36. The Labute approximate surface area is 623 Å². The van der Waals surface area contributed by atoms with E-state index in [9.17, 15) is 0 Å². The number of aromatic nitrogens is 4. The van der Waals surface area contributed by atoms with Crippen LogP contribution < -0.4 is 5.46 Å². The van der Waals surface area contributed by atoms with Crippen LogP contribution in [0.25, 0.3) is 99.4 Å². The minimum absolute atomic E-state index is 0. The van der Waals surface area contributed by atoms with Crippen LogP contribution in [-0.2, 0) is 52.8 Å². The van der Waals surface area contributed by atoms with Gasteiger partial charge in [0.1, 0.15) is 4.60 Å². The van der Waals surface area contributed by atoms with Crippen LogP contribution in [0, 0.1) is 0 Å². The van der Waals surface area contributed by atoms with E-state index in [2.05, 4.69) is 345 Å². The van der Waals surface area contributed by atoms with Crippen molar-refractivity contribution in [1.82, 2.24) is 19.9 Å². The molecule has 1 aliphatic heterocycles. The van der Waals surface area contributed by atoms with Crippen molar-refractivity contribution in [1.29, 1.82) is 0 Å². The van der Waals surface area contributed by atoms with E-state index in [4.69, 9.17) is 19.3 Å². The molecular formula is C92H68BBrN4O2Y. The summed E-state index contributed by atoms with van der Waals surface area (Å²) in [5, 5.41) is 7.03. The molecular weight excluding hydrogens is 1370 g/mol. The van der Waals surface area contributed by atoms with Crippen LogP contribution in [0.1, 0.15) is 72.2 Å². The summed E-state index contributed by atoms with van der Waals surface area (Å²) in [4.78, 5) is 19.1. The zero-order valence-electron chi connectivity index (χ0n) is 56.5. The van der Waals surface area contributed by atoms with Gasteiger partial charge in [0.2, 0.25) is 0 Å². The van der Waals surface area contributed by atoms with E-state index in [1.54, 1.807) is 6.20 Å². The second-order valence-electron chi connectivity index (χ2n) is 27.1. The zero-order chi connectivity index (χ0) is 67.6. The van der Waals surface area contributed by atoms with Crippen molar-refractivity contribution < 1.29 is 42.0 Å². The third kappa shape index (κ3) is 11.2. The number of para-hydroxylation sites is 2. The summed E-state index contributed by atoms with van der Waals surface area (Å²) < 4.78 is 13.6. The number of benzene rings is 12. The first-order valence-electron chi connectivity index (χ1n) is 34.2. The predicted molar refractivity (Wildman–Crippen MR) is 415 cm³/mol. The number of hydrogen-bond donors (Lipinski definition) is 0. The van der Waals surface area contributed by atoms with Crippen molar-refractivity contribution in [2.75, 3.05) is 0 Å². The van der Waals surface area contributed by atoms with Crippen molar-refractivity contribution in [3.8, 4) is 56.0 Å². The number of nitrogens with zero attached hydrogens (tertiary/aromatic N) is 4. The molecule has 0 unspecified atom stereocenters. The van der Waals surface area contributed by atoms with Crippen molar-refractivity contribution >= 4 is 71.9 Å². The van der Waals surface area contributed by atoms with E-state index in [0.717, 1.165) is 76.4 Å². The van der Waals surface area contributed by atoms with Crippen molar-refractivity contribution in [3.05, 3.63) is 389 Å². The molecule has 5 heterocycles. The minimum Gasteiger partial charge on any atom is -0.399 e. The predicted octanol–water partition coefficient (Wildman–Crippen LogP) is 22.0. The van der Waals surface area contributed by atoms with Crippen LogP contribution >= 0.6 is 15.9 Å². The first-order chi connectivity index (χ1) is 49.0. The zero-order valence-corrected chi connectivity index (χ0v) is 60.9. The summed E-state index contributed by atoms with van der Waals surface area (Å²) in [6, 6.07) is 118. The Morgan fingerprint density at radius 1 is 0.307 bits per heavy atom. The van der Waals surface area contributed by atoms with Gasteiger partial charge in [0.05, 0.1) is 50.1 Å². The summed E-state index contributed by atoms with van der Waals surface area (Å²) >= 11 is 3.20. The SMILES string of the molecule is Brc1ccccn1.CC1(C)OB(c2ccc(-c3nc4ccccc4c4cc5c(cc34)-c3ccccc3C5(c3ccccc3)c3ccccc3)cc2)OC1(C)C.[Y].c1ccc(C2(c3ccccc3)c3ccccc3-c3cc4c(-c5ccc(-c6ccccn6)cc5)nc5ccccc5c4cc32)cc1. The molecule has 0 spiro atoms. The summed E-state index contributed by atoms with van der Waals surface area (Å²) in [5.74, 6) is 0. The van der Waals surface area contributed by atoms with Gasteiger partial charge in [-0.05, 0) is 187 Å². The largest absolute Gasteiger partial charge is 0.494 e. The third-order valence-corrected chi connectivity index (χ3v) is 21.5. The normalized spacial score (nSPS) is 14.5. The topological polar surface area (TPSA) is 70.0 Å². The molecule has 19 rings (SSSR count). The maximum Gasteiger partial charge on any atom is 0.494 e. The summed E-state index contributed by atoms with van der Waals surface area (Å²) in [7, 11) is -0.408. The van der Waals surface area contributed by atoms with Crippen molar-refractivity contribution in [3.63, 3.8) is 0 Å². The molecule has 16 aromatic rings. The van der Waals surface area contributed by atoms with Crippen LogP contribution in [0.5, 0.6) is 0 Å². The molecule has 0 bridgehead atoms. The van der Waals surface area contributed by atoms with E-state index in [1.807, 2.05) is 42.6 Å². The third-order valence-electron chi connectivity index (χ3n) is 21.0. The van der Waals surface area contributed by atoms with Crippen LogP contribution in [0.2, 0.25) is 0 Å². The second kappa shape index (κ2) is 26.7. The standard InChI is InChI=1S/C44H36BNO2.C43H28N2.C5H4BrN.Y/c1-42(2)43(3,4)48-45(47-42)32-25-23-29(24-26-32)41-37-27-36-33-19-11-13-21-38(33)44(30-15-7-5-8-16-30,31-17-9-6-10-18-31)39(36)28-35(37)34-20-12-14-22-40(34)46-41;1-3-13-31(14-4-1)43(32-15-5-2-6-16-32)38-19-9-7-17-33(38)36-27-37-35(28-39(36)43)34-18-8-10-21-41(34)45-42(37)30-24-22-29(23-25-30)40-20-11-12-26-44-40;6-5-3-1-2-4-7-5;/h5-28H,1-4H3;1-28H;1-4H;. The monoisotopic (exact) mass is 1440 g/mol. The Morgan fingerprint density at radius 2 is 0.673 bits per heavy atom. The van der Waals surface area contributed by atoms with Crippen LogP contribution in [-0.4, -0.2) is 38.3 Å². The fourth-order valence-corrected chi connectivity index (χ4v) is 15.9. The Hall–Kier alpha value is -10.2. The fraction of sp³-hybridized carbons (Fsp3) is 0.0870. The molecule has 0 saturated carbocycles. The molecule has 1 fully saturated rings. The molecule has 12 aromatic carbocycles. The van der Waals surface area contributed by atoms with Crippen LogP contribution in [0.3, 0.4) is 0 Å². The minimum atomic E-state index is -0.461. The van der Waals surface area contributed by atoms with Gasteiger partial charge in [-0.1, -0.05) is 267 Å². The van der Waals surface area contributed by atoms with Crippen molar-refractivity contribution in [2.24, 2.45) is 0 Å². The maximum atomic E-state index is 6.36. The number of hydrogen-bond acceptors (Lipinski definition) is 6. The number of fused-ring (bicyclic) bond motifs is 12. The quantitative estimate of drug-likeness (QED) is 0.0858. The van der Waals surface area contributed by atoms with Crippen LogP contribution in [0.4, 0.5) is 0 Å². The fourth-order valence-electron chi connectivity index (χ4n) is 15.7. The molecule has 1 radical (unpaired) electrons. The Balaban J connectivity index is 0.000000142. The first-order valence-corrected chi connectivity index (χ1v) is 35.0. The molecule has 9 heteroatoms. The van der Waals surface area contributed by atoms with Gasteiger partial charge in [0.25, 0.3) is 0 Å². The second-order valence-corrected chi connectivity index (χ2v) is 27.9. The summed E-state index contributed by atoms with van der Waals surface area (Å²) in [6.07, 6.45) is 3.58. The van der Waals surface area contributed by atoms with Gasteiger partial charge >= 0.3 is 7.12 Å².